The van der Waals surface area contributed by atoms with Gasteiger partial charge >= 0.3 is 0 Å². The van der Waals surface area contributed by atoms with E-state index in [1.54, 1.807) is 11.3 Å². The first-order chi connectivity index (χ1) is 10.3. The molecule has 0 atom stereocenters. The maximum absolute atomic E-state index is 8.98. The number of halogens is 1. The predicted octanol–water partition coefficient (Wildman–Crippen LogP) is 2.58. The van der Waals surface area contributed by atoms with Gasteiger partial charge in [0.25, 0.3) is 0 Å². The molecule has 21 heavy (non-hydrogen) atoms. The number of nitrogens with zero attached hydrogens (tertiary/aromatic N) is 3. The van der Waals surface area contributed by atoms with Gasteiger partial charge in [0, 0.05) is 48.7 Å². The number of hydrogen-bond donors (Lipinski definition) is 1. The van der Waals surface area contributed by atoms with Crippen LogP contribution in [0, 0.1) is 0 Å². The van der Waals surface area contributed by atoms with Crippen molar-refractivity contribution in [3.8, 4) is 11.3 Å². The maximum Gasteiger partial charge on any atom is 0.185 e. The monoisotopic (exact) mass is 323 g/mol. The SMILES string of the molecule is OCCN1CCN(c2nc(-c3ccc(Cl)cc3)cs2)CC1. The summed E-state index contributed by atoms with van der Waals surface area (Å²) in [6, 6.07) is 7.79. The van der Waals surface area contributed by atoms with Crippen molar-refractivity contribution in [2.24, 2.45) is 0 Å². The summed E-state index contributed by atoms with van der Waals surface area (Å²) in [6.45, 7) is 4.90. The van der Waals surface area contributed by atoms with Crippen molar-refractivity contribution in [2.45, 2.75) is 0 Å². The molecule has 0 amide bonds. The second-order valence-corrected chi connectivity index (χ2v) is 6.35. The molecule has 112 valence electrons. The van der Waals surface area contributed by atoms with Crippen molar-refractivity contribution in [1.82, 2.24) is 9.88 Å². The lowest BCUT2D eigenvalue weighted by molar-refractivity contribution is 0.189. The Balaban J connectivity index is 1.67. The number of hydrogen-bond acceptors (Lipinski definition) is 5. The zero-order valence-corrected chi connectivity index (χ0v) is 13.3. The number of thiazole rings is 1. The molecule has 1 fully saturated rings. The summed E-state index contributed by atoms with van der Waals surface area (Å²) >= 11 is 7.60. The highest BCUT2D eigenvalue weighted by Gasteiger charge is 2.19. The van der Waals surface area contributed by atoms with E-state index in [1.165, 1.54) is 0 Å². The predicted molar refractivity (Wildman–Crippen MR) is 88.3 cm³/mol. The van der Waals surface area contributed by atoms with Gasteiger partial charge in [-0.3, -0.25) is 4.90 Å². The van der Waals surface area contributed by atoms with Crippen LogP contribution in [0.5, 0.6) is 0 Å². The molecule has 2 aromatic rings. The summed E-state index contributed by atoms with van der Waals surface area (Å²) in [5.74, 6) is 0. The summed E-state index contributed by atoms with van der Waals surface area (Å²) < 4.78 is 0. The Morgan fingerprint density at radius 2 is 1.86 bits per heavy atom. The zero-order valence-electron chi connectivity index (χ0n) is 11.7. The van der Waals surface area contributed by atoms with Gasteiger partial charge in [-0.05, 0) is 12.1 Å². The van der Waals surface area contributed by atoms with E-state index in [4.69, 9.17) is 21.7 Å². The largest absolute Gasteiger partial charge is 0.395 e. The first kappa shape index (κ1) is 14.8. The van der Waals surface area contributed by atoms with E-state index in [0.717, 1.165) is 54.1 Å². The lowest BCUT2D eigenvalue weighted by Crippen LogP contribution is -2.47. The number of piperazine rings is 1. The molecule has 4 nitrogen and oxygen atoms in total. The van der Waals surface area contributed by atoms with Crippen molar-refractivity contribution >= 4 is 28.1 Å². The maximum atomic E-state index is 8.98. The summed E-state index contributed by atoms with van der Waals surface area (Å²) in [5, 5.41) is 12.9. The van der Waals surface area contributed by atoms with Crippen molar-refractivity contribution in [1.29, 1.82) is 0 Å². The summed E-state index contributed by atoms with van der Waals surface area (Å²) in [7, 11) is 0. The second kappa shape index (κ2) is 6.75. The van der Waals surface area contributed by atoms with Gasteiger partial charge in [0.05, 0.1) is 12.3 Å². The molecular formula is C15H18ClN3OS. The average molecular weight is 324 g/mol. The summed E-state index contributed by atoms with van der Waals surface area (Å²) in [4.78, 5) is 9.34. The Hall–Kier alpha value is -1.14. The molecule has 1 aromatic carbocycles. The molecule has 1 saturated heterocycles. The number of rotatable bonds is 4. The van der Waals surface area contributed by atoms with Gasteiger partial charge in [0.2, 0.25) is 0 Å². The molecule has 0 aliphatic carbocycles. The quantitative estimate of drug-likeness (QED) is 0.938. The van der Waals surface area contributed by atoms with Crippen molar-refractivity contribution in [3.05, 3.63) is 34.7 Å². The van der Waals surface area contributed by atoms with Gasteiger partial charge in [-0.2, -0.15) is 0 Å². The highest BCUT2D eigenvalue weighted by Crippen LogP contribution is 2.28. The van der Waals surface area contributed by atoms with Crippen molar-refractivity contribution < 1.29 is 5.11 Å². The minimum atomic E-state index is 0.234. The minimum absolute atomic E-state index is 0.234. The molecule has 3 rings (SSSR count). The van der Waals surface area contributed by atoms with E-state index in [1.807, 2.05) is 24.3 Å². The Morgan fingerprint density at radius 3 is 2.52 bits per heavy atom. The van der Waals surface area contributed by atoms with Gasteiger partial charge in [-0.15, -0.1) is 11.3 Å². The molecule has 0 radical (unpaired) electrons. The van der Waals surface area contributed by atoms with E-state index in [-0.39, 0.29) is 6.61 Å². The minimum Gasteiger partial charge on any atom is -0.395 e. The number of benzene rings is 1. The summed E-state index contributed by atoms with van der Waals surface area (Å²) in [5.41, 5.74) is 2.10. The number of anilines is 1. The highest BCUT2D eigenvalue weighted by atomic mass is 35.5. The molecule has 6 heteroatoms. The Labute approximate surface area is 133 Å². The smallest absolute Gasteiger partial charge is 0.185 e. The number of aromatic nitrogens is 1. The molecular weight excluding hydrogens is 306 g/mol. The van der Waals surface area contributed by atoms with Crippen LogP contribution in [-0.4, -0.2) is 54.3 Å². The van der Waals surface area contributed by atoms with Crippen LogP contribution < -0.4 is 4.90 Å². The third-order valence-corrected chi connectivity index (χ3v) is 4.84. The van der Waals surface area contributed by atoms with Gasteiger partial charge < -0.3 is 10.0 Å². The number of aliphatic hydroxyl groups excluding tert-OH is 1. The number of aliphatic hydroxyl groups is 1. The molecule has 1 aromatic heterocycles. The van der Waals surface area contributed by atoms with E-state index >= 15 is 0 Å². The van der Waals surface area contributed by atoms with Gasteiger partial charge in [0.1, 0.15) is 0 Å². The molecule has 1 aliphatic rings. The van der Waals surface area contributed by atoms with Crippen LogP contribution in [-0.2, 0) is 0 Å². The normalized spacial score (nSPS) is 16.4. The molecule has 2 heterocycles. The van der Waals surface area contributed by atoms with Crippen LogP contribution in [0.3, 0.4) is 0 Å². The van der Waals surface area contributed by atoms with E-state index in [9.17, 15) is 0 Å². The topological polar surface area (TPSA) is 39.6 Å². The standard InChI is InChI=1S/C15H18ClN3OS/c16-13-3-1-12(2-4-13)14-11-21-15(17-14)19-7-5-18(6-8-19)9-10-20/h1-4,11,20H,5-10H2. The van der Waals surface area contributed by atoms with Crippen LogP contribution in [0.4, 0.5) is 5.13 Å². The third-order valence-electron chi connectivity index (χ3n) is 3.69. The lowest BCUT2D eigenvalue weighted by atomic mass is 10.2. The van der Waals surface area contributed by atoms with E-state index < -0.39 is 0 Å². The molecule has 0 bridgehead atoms. The molecule has 0 saturated carbocycles. The van der Waals surface area contributed by atoms with Gasteiger partial charge in [0.15, 0.2) is 5.13 Å². The average Bonchev–Trinajstić information content (AvgIpc) is 2.99. The van der Waals surface area contributed by atoms with Gasteiger partial charge in [-0.1, -0.05) is 23.7 Å². The van der Waals surface area contributed by atoms with Crippen LogP contribution in [0.25, 0.3) is 11.3 Å². The summed E-state index contributed by atoms with van der Waals surface area (Å²) in [6.07, 6.45) is 0. The lowest BCUT2D eigenvalue weighted by Gasteiger charge is -2.34. The molecule has 1 aliphatic heterocycles. The molecule has 0 unspecified atom stereocenters. The fourth-order valence-electron chi connectivity index (χ4n) is 2.47. The fourth-order valence-corrected chi connectivity index (χ4v) is 3.48. The highest BCUT2D eigenvalue weighted by molar-refractivity contribution is 7.14. The first-order valence-corrected chi connectivity index (χ1v) is 8.31. The van der Waals surface area contributed by atoms with Crippen LogP contribution in [0.15, 0.2) is 29.6 Å². The zero-order chi connectivity index (χ0) is 14.7. The van der Waals surface area contributed by atoms with Crippen LogP contribution in [0.1, 0.15) is 0 Å². The molecule has 0 spiro atoms. The second-order valence-electron chi connectivity index (χ2n) is 5.07. The van der Waals surface area contributed by atoms with Gasteiger partial charge in [-0.25, -0.2) is 4.98 Å². The van der Waals surface area contributed by atoms with Crippen LogP contribution in [0.2, 0.25) is 5.02 Å². The molecule has 1 N–H and O–H groups in total. The van der Waals surface area contributed by atoms with E-state index in [2.05, 4.69) is 15.2 Å². The number of β-amino-alcohol motifs (C(OH)–C–C–N with tert-alkyl or cyclic N) is 1. The Bertz CT molecular complexity index is 579. The van der Waals surface area contributed by atoms with Crippen molar-refractivity contribution in [2.75, 3.05) is 44.2 Å². The fraction of sp³-hybridized carbons (Fsp3) is 0.400. The van der Waals surface area contributed by atoms with Crippen LogP contribution >= 0.6 is 22.9 Å². The van der Waals surface area contributed by atoms with E-state index in [0.29, 0.717) is 0 Å². The first-order valence-electron chi connectivity index (χ1n) is 7.06. The third kappa shape index (κ3) is 3.55. The van der Waals surface area contributed by atoms with Crippen molar-refractivity contribution in [3.63, 3.8) is 0 Å². The Kier molecular flexibility index (Phi) is 4.75. The Morgan fingerprint density at radius 1 is 1.14 bits per heavy atom.